The number of aromatic amines is 1. The van der Waals surface area contributed by atoms with E-state index in [0.29, 0.717) is 26.9 Å². The Hall–Kier alpha value is -3.69. The highest BCUT2D eigenvalue weighted by Gasteiger charge is 2.16. The number of nitrogens with one attached hydrogen (secondary N) is 3. The minimum absolute atomic E-state index is 0.125. The predicted octanol–water partition coefficient (Wildman–Crippen LogP) is 4.80. The third kappa shape index (κ3) is 3.65. The van der Waals surface area contributed by atoms with Gasteiger partial charge in [0.1, 0.15) is 5.69 Å². The maximum absolute atomic E-state index is 12.7. The predicted molar refractivity (Wildman–Crippen MR) is 122 cm³/mol. The number of halogens is 1. The molecular weight excluding hydrogens is 436 g/mol. The molecule has 0 aliphatic heterocycles. The van der Waals surface area contributed by atoms with Crippen molar-refractivity contribution in [1.29, 1.82) is 0 Å². The number of nitrogens with zero attached hydrogens (tertiary/aromatic N) is 3. The third-order valence-electron chi connectivity index (χ3n) is 4.66. The Balaban J connectivity index is 1.40. The SMILES string of the molecule is CC(=O)Nc1ccc(-c2csc3nc(NC(=O)c4cc5cccc(Cl)c5[nH]4)nn23)cc1. The Morgan fingerprint density at radius 3 is 2.68 bits per heavy atom. The van der Waals surface area contributed by atoms with Crippen molar-refractivity contribution < 1.29 is 9.59 Å². The standard InChI is InChI=1S/C21H15ClN6O2S/c1-11(29)23-14-7-5-12(6-8-14)17-10-31-21-26-20(27-28(17)21)25-19(30)16-9-13-3-2-4-15(22)18(13)24-16/h2-10,24H,1H3,(H,23,29)(H,25,27,30). The maximum Gasteiger partial charge on any atom is 0.274 e. The van der Waals surface area contributed by atoms with Crippen LogP contribution < -0.4 is 10.6 Å². The molecule has 0 fully saturated rings. The molecule has 0 saturated heterocycles. The van der Waals surface area contributed by atoms with Crippen LogP contribution >= 0.6 is 22.9 Å². The molecule has 10 heteroatoms. The van der Waals surface area contributed by atoms with E-state index < -0.39 is 0 Å². The van der Waals surface area contributed by atoms with E-state index in [0.717, 1.165) is 16.6 Å². The summed E-state index contributed by atoms with van der Waals surface area (Å²) in [5, 5.41) is 13.2. The van der Waals surface area contributed by atoms with Crippen LogP contribution in [0.25, 0.3) is 27.1 Å². The lowest BCUT2D eigenvalue weighted by atomic mass is 10.1. The number of fused-ring (bicyclic) bond motifs is 2. The summed E-state index contributed by atoms with van der Waals surface area (Å²) in [5.74, 6) is -0.274. The van der Waals surface area contributed by atoms with Gasteiger partial charge in [-0.2, -0.15) is 4.98 Å². The highest BCUT2D eigenvalue weighted by Crippen LogP contribution is 2.27. The Morgan fingerprint density at radius 2 is 1.94 bits per heavy atom. The number of para-hydroxylation sites is 1. The van der Waals surface area contributed by atoms with Gasteiger partial charge in [-0.1, -0.05) is 35.9 Å². The number of anilines is 2. The van der Waals surface area contributed by atoms with Gasteiger partial charge in [0.05, 0.1) is 16.2 Å². The first-order valence-corrected chi connectivity index (χ1v) is 10.5. The monoisotopic (exact) mass is 450 g/mol. The second-order valence-corrected chi connectivity index (χ2v) is 8.09. The fourth-order valence-electron chi connectivity index (χ4n) is 3.27. The van der Waals surface area contributed by atoms with Crippen LogP contribution in [0.4, 0.5) is 11.6 Å². The average Bonchev–Trinajstić information content (AvgIpc) is 3.43. The van der Waals surface area contributed by atoms with Crippen LogP contribution in [0.3, 0.4) is 0 Å². The Kier molecular flexibility index (Phi) is 4.68. The minimum atomic E-state index is -0.355. The molecule has 5 rings (SSSR count). The van der Waals surface area contributed by atoms with Gasteiger partial charge in [0.2, 0.25) is 10.9 Å². The summed E-state index contributed by atoms with van der Waals surface area (Å²) in [6.07, 6.45) is 0. The Morgan fingerprint density at radius 1 is 1.13 bits per heavy atom. The van der Waals surface area contributed by atoms with Crippen molar-refractivity contribution in [3.05, 3.63) is 64.6 Å². The number of carbonyl (C=O) groups excluding carboxylic acids is 2. The first kappa shape index (κ1) is 19.3. The van der Waals surface area contributed by atoms with Gasteiger partial charge in [-0.05, 0) is 24.3 Å². The van der Waals surface area contributed by atoms with E-state index in [1.54, 1.807) is 16.6 Å². The number of amides is 2. The molecule has 0 saturated carbocycles. The zero-order valence-corrected chi connectivity index (χ0v) is 17.7. The molecule has 31 heavy (non-hydrogen) atoms. The van der Waals surface area contributed by atoms with E-state index in [1.807, 2.05) is 41.8 Å². The average molecular weight is 451 g/mol. The fraction of sp³-hybridized carbons (Fsp3) is 0.0476. The molecular formula is C21H15ClN6O2S. The van der Waals surface area contributed by atoms with Gasteiger partial charge in [0.25, 0.3) is 11.9 Å². The number of benzene rings is 2. The second kappa shape index (κ2) is 7.53. The van der Waals surface area contributed by atoms with Crippen molar-refractivity contribution in [1.82, 2.24) is 19.6 Å². The highest BCUT2D eigenvalue weighted by molar-refractivity contribution is 7.15. The number of hydrogen-bond donors (Lipinski definition) is 3. The molecule has 0 radical (unpaired) electrons. The number of carbonyl (C=O) groups is 2. The first-order chi connectivity index (χ1) is 15.0. The zero-order chi connectivity index (χ0) is 21.5. The van der Waals surface area contributed by atoms with Gasteiger partial charge in [0.15, 0.2) is 0 Å². The molecule has 2 aromatic carbocycles. The molecule has 3 aromatic heterocycles. The molecule has 154 valence electrons. The molecule has 0 unspecified atom stereocenters. The zero-order valence-electron chi connectivity index (χ0n) is 16.1. The van der Waals surface area contributed by atoms with Gasteiger partial charge in [-0.3, -0.25) is 14.9 Å². The van der Waals surface area contributed by atoms with Gasteiger partial charge >= 0.3 is 0 Å². The first-order valence-electron chi connectivity index (χ1n) is 9.29. The van der Waals surface area contributed by atoms with Crippen molar-refractivity contribution in [3.63, 3.8) is 0 Å². The van der Waals surface area contributed by atoms with Gasteiger partial charge in [-0.15, -0.1) is 16.4 Å². The molecule has 5 aromatic rings. The van der Waals surface area contributed by atoms with Crippen LogP contribution in [0, 0.1) is 0 Å². The number of thiazole rings is 1. The minimum Gasteiger partial charge on any atom is -0.349 e. The van der Waals surface area contributed by atoms with Crippen LogP contribution in [0.1, 0.15) is 17.4 Å². The van der Waals surface area contributed by atoms with E-state index in [1.165, 1.54) is 18.3 Å². The van der Waals surface area contributed by atoms with E-state index in [9.17, 15) is 9.59 Å². The highest BCUT2D eigenvalue weighted by atomic mass is 35.5. The summed E-state index contributed by atoms with van der Waals surface area (Å²) in [5.41, 5.74) is 3.54. The lowest BCUT2D eigenvalue weighted by Crippen LogP contribution is -2.13. The summed E-state index contributed by atoms with van der Waals surface area (Å²) in [6, 6.07) is 14.6. The Bertz CT molecular complexity index is 1450. The van der Waals surface area contributed by atoms with E-state index in [4.69, 9.17) is 11.6 Å². The van der Waals surface area contributed by atoms with Crippen molar-refractivity contribution in [2.45, 2.75) is 6.92 Å². The number of H-pyrrole nitrogens is 1. The van der Waals surface area contributed by atoms with Crippen molar-refractivity contribution in [3.8, 4) is 11.3 Å². The lowest BCUT2D eigenvalue weighted by Gasteiger charge is -2.03. The normalized spacial score (nSPS) is 11.2. The molecule has 0 aliphatic rings. The fourth-order valence-corrected chi connectivity index (χ4v) is 4.33. The van der Waals surface area contributed by atoms with Crippen LogP contribution in [0.2, 0.25) is 5.02 Å². The number of aromatic nitrogens is 4. The van der Waals surface area contributed by atoms with E-state index in [2.05, 4.69) is 25.7 Å². The van der Waals surface area contributed by atoms with Crippen LogP contribution in [0.15, 0.2) is 53.9 Å². The summed E-state index contributed by atoms with van der Waals surface area (Å²) >= 11 is 7.59. The number of hydrogen-bond acceptors (Lipinski definition) is 5. The summed E-state index contributed by atoms with van der Waals surface area (Å²) in [6.45, 7) is 1.46. The molecule has 3 N–H and O–H groups in total. The van der Waals surface area contributed by atoms with E-state index in [-0.39, 0.29) is 17.8 Å². The smallest absolute Gasteiger partial charge is 0.274 e. The van der Waals surface area contributed by atoms with Crippen molar-refractivity contribution in [2.24, 2.45) is 0 Å². The Labute approximate surface area is 184 Å². The largest absolute Gasteiger partial charge is 0.349 e. The van der Waals surface area contributed by atoms with Gasteiger partial charge < -0.3 is 10.3 Å². The lowest BCUT2D eigenvalue weighted by molar-refractivity contribution is -0.114. The van der Waals surface area contributed by atoms with Crippen LogP contribution in [0.5, 0.6) is 0 Å². The summed E-state index contributed by atoms with van der Waals surface area (Å²) < 4.78 is 1.68. The molecule has 0 bridgehead atoms. The molecule has 0 spiro atoms. The van der Waals surface area contributed by atoms with E-state index >= 15 is 0 Å². The quantitative estimate of drug-likeness (QED) is 0.365. The summed E-state index contributed by atoms with van der Waals surface area (Å²) in [4.78, 5) is 31.9. The second-order valence-electron chi connectivity index (χ2n) is 6.85. The molecule has 0 atom stereocenters. The number of rotatable bonds is 4. The van der Waals surface area contributed by atoms with Crippen LogP contribution in [-0.2, 0) is 4.79 Å². The molecule has 0 aliphatic carbocycles. The summed E-state index contributed by atoms with van der Waals surface area (Å²) in [7, 11) is 0. The van der Waals surface area contributed by atoms with Gasteiger partial charge in [-0.25, -0.2) is 4.52 Å². The van der Waals surface area contributed by atoms with Crippen LogP contribution in [-0.4, -0.2) is 31.4 Å². The molecule has 8 nitrogen and oxygen atoms in total. The molecule has 2 amide bonds. The molecule has 3 heterocycles. The topological polar surface area (TPSA) is 104 Å². The van der Waals surface area contributed by atoms with Gasteiger partial charge in [0, 0.05) is 28.9 Å². The van der Waals surface area contributed by atoms with Crippen molar-refractivity contribution in [2.75, 3.05) is 10.6 Å². The maximum atomic E-state index is 12.7. The third-order valence-corrected chi connectivity index (χ3v) is 5.79. The van der Waals surface area contributed by atoms with Crippen molar-refractivity contribution >= 4 is 62.3 Å².